The Morgan fingerprint density at radius 3 is 2.83 bits per heavy atom. The van der Waals surface area contributed by atoms with Gasteiger partial charge in [0.25, 0.3) is 0 Å². The molecule has 1 aromatic heterocycles. The summed E-state index contributed by atoms with van der Waals surface area (Å²) in [7, 11) is 0. The van der Waals surface area contributed by atoms with Gasteiger partial charge in [0.05, 0.1) is 6.20 Å². The Bertz CT molecular complexity index is 379. The second kappa shape index (κ2) is 7.25. The molecule has 0 bridgehead atoms. The van der Waals surface area contributed by atoms with Gasteiger partial charge in [-0.3, -0.25) is 9.48 Å². The van der Waals surface area contributed by atoms with Crippen LogP contribution in [0.25, 0.3) is 0 Å². The monoisotopic (exact) mass is 255 g/mol. The third-order valence-corrected chi connectivity index (χ3v) is 2.31. The molecule has 1 rings (SSSR count). The number of carbonyl (C=O) groups is 2. The van der Waals surface area contributed by atoms with Crippen LogP contribution < -0.4 is 5.32 Å². The Morgan fingerprint density at radius 1 is 1.50 bits per heavy atom. The number of likely N-dealkylation sites (N-methyl/N-ethyl adjacent to an activating group) is 1. The smallest absolute Gasteiger partial charge is 0.323 e. The molecule has 0 spiro atoms. The van der Waals surface area contributed by atoms with Crippen molar-refractivity contribution in [1.29, 1.82) is 0 Å². The number of aromatic nitrogens is 3. The standard InChI is InChI=1S/C10H17N5O3/c1-2-14(8-9(16)17)10(18)11-4-3-6-15-7-5-12-13-15/h5,7H,2-4,6,8H2,1H3,(H,11,18)(H,16,17). The molecule has 0 unspecified atom stereocenters. The topological polar surface area (TPSA) is 100 Å². The van der Waals surface area contributed by atoms with Gasteiger partial charge in [-0.25, -0.2) is 4.79 Å². The Labute approximate surface area is 105 Å². The summed E-state index contributed by atoms with van der Waals surface area (Å²) in [5.74, 6) is -1.02. The molecule has 2 N–H and O–H groups in total. The summed E-state index contributed by atoms with van der Waals surface area (Å²) < 4.78 is 1.67. The summed E-state index contributed by atoms with van der Waals surface area (Å²) in [5, 5.41) is 18.7. The molecule has 1 heterocycles. The Balaban J connectivity index is 2.21. The average molecular weight is 255 g/mol. The Kier molecular flexibility index (Phi) is 5.62. The maximum atomic E-state index is 11.6. The van der Waals surface area contributed by atoms with Gasteiger partial charge in [0.15, 0.2) is 0 Å². The number of nitrogens with zero attached hydrogens (tertiary/aromatic N) is 4. The molecule has 0 aliphatic heterocycles. The van der Waals surface area contributed by atoms with Crippen molar-refractivity contribution in [2.45, 2.75) is 19.9 Å². The predicted molar refractivity (Wildman–Crippen MR) is 62.9 cm³/mol. The number of urea groups is 1. The van der Waals surface area contributed by atoms with Gasteiger partial charge < -0.3 is 15.3 Å². The molecule has 8 nitrogen and oxygen atoms in total. The van der Waals surface area contributed by atoms with E-state index in [2.05, 4.69) is 15.6 Å². The molecule has 100 valence electrons. The zero-order valence-electron chi connectivity index (χ0n) is 10.2. The van der Waals surface area contributed by atoms with E-state index in [1.165, 1.54) is 4.90 Å². The summed E-state index contributed by atoms with van der Waals surface area (Å²) in [6, 6.07) is -0.363. The van der Waals surface area contributed by atoms with E-state index < -0.39 is 5.97 Å². The normalized spacial score (nSPS) is 10.1. The number of amides is 2. The molecule has 0 fully saturated rings. The first-order chi connectivity index (χ1) is 8.63. The minimum atomic E-state index is -1.02. The lowest BCUT2D eigenvalue weighted by Crippen LogP contribution is -2.43. The minimum absolute atomic E-state index is 0.286. The van der Waals surface area contributed by atoms with Gasteiger partial charge in [-0.1, -0.05) is 5.21 Å². The van der Waals surface area contributed by atoms with Gasteiger partial charge in [0, 0.05) is 25.8 Å². The van der Waals surface area contributed by atoms with Crippen LogP contribution in [0.2, 0.25) is 0 Å². The number of aryl methyl sites for hydroxylation is 1. The Morgan fingerprint density at radius 2 is 2.28 bits per heavy atom. The van der Waals surface area contributed by atoms with Crippen molar-refractivity contribution in [2.75, 3.05) is 19.6 Å². The van der Waals surface area contributed by atoms with Gasteiger partial charge in [-0.15, -0.1) is 5.10 Å². The number of hydrogen-bond acceptors (Lipinski definition) is 4. The van der Waals surface area contributed by atoms with E-state index in [1.807, 2.05) is 0 Å². The largest absolute Gasteiger partial charge is 0.480 e. The molecule has 1 aromatic rings. The van der Waals surface area contributed by atoms with Crippen molar-refractivity contribution in [3.8, 4) is 0 Å². The molecule has 0 saturated carbocycles. The molecule has 0 atom stereocenters. The second-order valence-corrected chi connectivity index (χ2v) is 3.66. The SMILES string of the molecule is CCN(CC(=O)O)C(=O)NCCCn1ccnn1. The van der Waals surface area contributed by atoms with E-state index in [1.54, 1.807) is 24.0 Å². The van der Waals surface area contributed by atoms with E-state index in [0.717, 1.165) is 0 Å². The van der Waals surface area contributed by atoms with Gasteiger partial charge in [0.2, 0.25) is 0 Å². The zero-order chi connectivity index (χ0) is 13.4. The van der Waals surface area contributed by atoms with Crippen LogP contribution in [-0.2, 0) is 11.3 Å². The number of rotatable bonds is 7. The van der Waals surface area contributed by atoms with Crippen molar-refractivity contribution in [1.82, 2.24) is 25.2 Å². The molecule has 0 saturated heterocycles. The number of carboxylic acid groups (broad SMARTS) is 1. The highest BCUT2D eigenvalue weighted by molar-refractivity contribution is 5.79. The fraction of sp³-hybridized carbons (Fsp3) is 0.600. The first kappa shape index (κ1) is 13.9. The number of carbonyl (C=O) groups excluding carboxylic acids is 1. The fourth-order valence-corrected chi connectivity index (χ4v) is 1.39. The molecule has 2 amide bonds. The summed E-state index contributed by atoms with van der Waals surface area (Å²) >= 11 is 0. The van der Waals surface area contributed by atoms with Gasteiger partial charge in [-0.2, -0.15) is 0 Å². The van der Waals surface area contributed by atoms with E-state index >= 15 is 0 Å². The maximum absolute atomic E-state index is 11.6. The van der Waals surface area contributed by atoms with Crippen molar-refractivity contribution < 1.29 is 14.7 Å². The highest BCUT2D eigenvalue weighted by Crippen LogP contribution is 1.91. The van der Waals surface area contributed by atoms with Crippen LogP contribution in [0.15, 0.2) is 12.4 Å². The van der Waals surface area contributed by atoms with Crippen molar-refractivity contribution in [3.63, 3.8) is 0 Å². The number of hydrogen-bond donors (Lipinski definition) is 2. The summed E-state index contributed by atoms with van der Waals surface area (Å²) in [4.78, 5) is 23.3. The highest BCUT2D eigenvalue weighted by Gasteiger charge is 2.13. The van der Waals surface area contributed by atoms with Crippen LogP contribution in [0.3, 0.4) is 0 Å². The molecule has 18 heavy (non-hydrogen) atoms. The maximum Gasteiger partial charge on any atom is 0.323 e. The van der Waals surface area contributed by atoms with Crippen LogP contribution >= 0.6 is 0 Å². The molecule has 8 heteroatoms. The summed E-state index contributed by atoms with van der Waals surface area (Å²) in [6.45, 7) is 2.94. The van der Waals surface area contributed by atoms with Crippen molar-refractivity contribution in [3.05, 3.63) is 12.4 Å². The lowest BCUT2D eigenvalue weighted by Gasteiger charge is -2.18. The predicted octanol–water partition coefficient (Wildman–Crippen LogP) is -0.216. The second-order valence-electron chi connectivity index (χ2n) is 3.66. The van der Waals surface area contributed by atoms with E-state index in [-0.39, 0.29) is 12.6 Å². The van der Waals surface area contributed by atoms with Gasteiger partial charge in [-0.05, 0) is 13.3 Å². The summed E-state index contributed by atoms with van der Waals surface area (Å²) in [5.41, 5.74) is 0. The fourth-order valence-electron chi connectivity index (χ4n) is 1.39. The molecular weight excluding hydrogens is 238 g/mol. The first-order valence-electron chi connectivity index (χ1n) is 5.72. The summed E-state index contributed by atoms with van der Waals surface area (Å²) in [6.07, 6.45) is 4.04. The lowest BCUT2D eigenvalue weighted by atomic mass is 10.4. The molecule has 0 radical (unpaired) electrons. The third-order valence-electron chi connectivity index (χ3n) is 2.31. The average Bonchev–Trinajstić information content (AvgIpc) is 2.84. The van der Waals surface area contributed by atoms with Gasteiger partial charge >= 0.3 is 12.0 Å². The van der Waals surface area contributed by atoms with Crippen LogP contribution in [0.4, 0.5) is 4.79 Å². The first-order valence-corrected chi connectivity index (χ1v) is 5.72. The third kappa shape index (κ3) is 4.81. The minimum Gasteiger partial charge on any atom is -0.480 e. The van der Waals surface area contributed by atoms with E-state index in [4.69, 9.17) is 5.11 Å². The highest BCUT2D eigenvalue weighted by atomic mass is 16.4. The number of nitrogens with one attached hydrogen (secondary N) is 1. The number of carboxylic acids is 1. The van der Waals surface area contributed by atoms with Crippen LogP contribution in [0.1, 0.15) is 13.3 Å². The molecular formula is C10H17N5O3. The van der Waals surface area contributed by atoms with Crippen molar-refractivity contribution in [2.24, 2.45) is 0 Å². The van der Waals surface area contributed by atoms with Crippen LogP contribution in [-0.4, -0.2) is 56.6 Å². The molecule has 0 aliphatic carbocycles. The molecule has 0 aromatic carbocycles. The lowest BCUT2D eigenvalue weighted by molar-refractivity contribution is -0.137. The Hall–Kier alpha value is -2.12. The van der Waals surface area contributed by atoms with Crippen LogP contribution in [0, 0.1) is 0 Å². The van der Waals surface area contributed by atoms with Crippen LogP contribution in [0.5, 0.6) is 0 Å². The molecule has 0 aliphatic rings. The quantitative estimate of drug-likeness (QED) is 0.656. The van der Waals surface area contributed by atoms with Gasteiger partial charge in [0.1, 0.15) is 6.54 Å². The van der Waals surface area contributed by atoms with E-state index in [0.29, 0.717) is 26.1 Å². The van der Waals surface area contributed by atoms with Crippen molar-refractivity contribution >= 4 is 12.0 Å². The number of aliphatic carboxylic acids is 1. The zero-order valence-corrected chi connectivity index (χ0v) is 10.2. The van der Waals surface area contributed by atoms with E-state index in [9.17, 15) is 9.59 Å².